The molecular weight excluding hydrogens is 226 g/mol. The number of ether oxygens (including phenoxy) is 1. The Morgan fingerprint density at radius 1 is 1.17 bits per heavy atom. The normalized spacial score (nSPS) is 13.5. The summed E-state index contributed by atoms with van der Waals surface area (Å²) in [5.41, 5.74) is 3.60. The third-order valence-corrected chi connectivity index (χ3v) is 3.23. The number of Topliss-reactive ketones (excluding diaryl/α,β-unsaturated/α-hetero) is 1. The summed E-state index contributed by atoms with van der Waals surface area (Å²) in [6.07, 6.45) is 1.34. The zero-order valence-electron chi connectivity index (χ0n) is 10.1. The number of aromatic nitrogens is 1. The average molecular weight is 239 g/mol. The van der Waals surface area contributed by atoms with E-state index in [2.05, 4.69) is 4.98 Å². The summed E-state index contributed by atoms with van der Waals surface area (Å²) >= 11 is 0. The van der Waals surface area contributed by atoms with Crippen LogP contribution in [0.2, 0.25) is 0 Å². The molecule has 0 unspecified atom stereocenters. The first kappa shape index (κ1) is 11.0. The second kappa shape index (κ2) is 4.26. The Hall–Kier alpha value is -2.16. The summed E-state index contributed by atoms with van der Waals surface area (Å²) < 4.78 is 5.20. The van der Waals surface area contributed by atoms with Gasteiger partial charge in [0, 0.05) is 17.5 Å². The van der Waals surface area contributed by atoms with E-state index in [-0.39, 0.29) is 5.78 Å². The molecule has 0 amide bonds. The Bertz CT molecular complexity index is 620. The van der Waals surface area contributed by atoms with Crippen LogP contribution in [-0.4, -0.2) is 17.9 Å². The zero-order chi connectivity index (χ0) is 12.5. The molecule has 0 saturated heterocycles. The van der Waals surface area contributed by atoms with Gasteiger partial charge in [0.2, 0.25) is 0 Å². The number of carbonyl (C=O) groups is 1. The third kappa shape index (κ3) is 1.78. The molecule has 18 heavy (non-hydrogen) atoms. The molecule has 3 heteroatoms. The molecule has 1 aliphatic carbocycles. The first-order chi connectivity index (χ1) is 8.78. The second-order valence-electron chi connectivity index (χ2n) is 4.35. The summed E-state index contributed by atoms with van der Waals surface area (Å²) in [7, 11) is 1.65. The van der Waals surface area contributed by atoms with E-state index >= 15 is 0 Å². The van der Waals surface area contributed by atoms with Crippen molar-refractivity contribution in [2.75, 3.05) is 7.11 Å². The predicted octanol–water partition coefficient (Wildman–Crippen LogP) is 2.89. The highest BCUT2D eigenvalue weighted by molar-refractivity contribution is 6.00. The maximum Gasteiger partial charge on any atom is 0.165 e. The van der Waals surface area contributed by atoms with E-state index in [0.717, 1.165) is 34.7 Å². The lowest BCUT2D eigenvalue weighted by Gasteiger charge is -2.05. The molecule has 90 valence electrons. The number of ketones is 1. The van der Waals surface area contributed by atoms with Gasteiger partial charge in [0.1, 0.15) is 5.75 Å². The van der Waals surface area contributed by atoms with Crippen LogP contribution in [-0.2, 0) is 6.42 Å². The standard InChI is InChI=1S/C15H13NO2/c1-18-11-4-2-3-10(9-11)13-6-5-12-14(16-13)7-8-15(12)17/h2-6,9H,7-8H2,1H3. The Morgan fingerprint density at radius 2 is 2.06 bits per heavy atom. The van der Waals surface area contributed by atoms with Crippen LogP contribution in [0.25, 0.3) is 11.3 Å². The average Bonchev–Trinajstić information content (AvgIpc) is 2.80. The number of methoxy groups -OCH3 is 1. The van der Waals surface area contributed by atoms with Crippen molar-refractivity contribution in [1.29, 1.82) is 0 Å². The number of carbonyl (C=O) groups excluding carboxylic acids is 1. The first-order valence-corrected chi connectivity index (χ1v) is 5.95. The van der Waals surface area contributed by atoms with E-state index in [9.17, 15) is 4.79 Å². The molecule has 0 atom stereocenters. The molecule has 3 rings (SSSR count). The van der Waals surface area contributed by atoms with Gasteiger partial charge in [-0.2, -0.15) is 0 Å². The number of rotatable bonds is 2. The number of aryl methyl sites for hydroxylation is 1. The predicted molar refractivity (Wildman–Crippen MR) is 68.9 cm³/mol. The molecule has 0 spiro atoms. The van der Waals surface area contributed by atoms with Crippen LogP contribution in [0.4, 0.5) is 0 Å². The fourth-order valence-electron chi connectivity index (χ4n) is 2.26. The van der Waals surface area contributed by atoms with Crippen molar-refractivity contribution in [2.45, 2.75) is 12.8 Å². The van der Waals surface area contributed by atoms with Gasteiger partial charge < -0.3 is 4.74 Å². The molecule has 1 heterocycles. The molecule has 0 fully saturated rings. The molecule has 0 aliphatic heterocycles. The van der Waals surface area contributed by atoms with Gasteiger partial charge in [-0.1, -0.05) is 12.1 Å². The lowest BCUT2D eigenvalue weighted by Crippen LogP contribution is -1.94. The lowest BCUT2D eigenvalue weighted by molar-refractivity contribution is 0.0994. The van der Waals surface area contributed by atoms with Gasteiger partial charge in [-0.25, -0.2) is 0 Å². The molecule has 1 aromatic heterocycles. The molecular formula is C15H13NO2. The van der Waals surface area contributed by atoms with Crippen molar-refractivity contribution in [3.8, 4) is 17.0 Å². The molecule has 3 nitrogen and oxygen atoms in total. The molecule has 1 aliphatic rings. The quantitative estimate of drug-likeness (QED) is 0.808. The number of benzene rings is 1. The van der Waals surface area contributed by atoms with E-state index in [0.29, 0.717) is 6.42 Å². The van der Waals surface area contributed by atoms with Crippen LogP contribution in [0, 0.1) is 0 Å². The first-order valence-electron chi connectivity index (χ1n) is 5.95. The van der Waals surface area contributed by atoms with E-state index in [1.54, 1.807) is 7.11 Å². The van der Waals surface area contributed by atoms with E-state index < -0.39 is 0 Å². The van der Waals surface area contributed by atoms with Crippen molar-refractivity contribution in [3.05, 3.63) is 47.7 Å². The Morgan fingerprint density at radius 3 is 2.89 bits per heavy atom. The smallest absolute Gasteiger partial charge is 0.165 e. The second-order valence-corrected chi connectivity index (χ2v) is 4.35. The fraction of sp³-hybridized carbons (Fsp3) is 0.200. The van der Waals surface area contributed by atoms with Crippen LogP contribution < -0.4 is 4.74 Å². The van der Waals surface area contributed by atoms with Crippen LogP contribution >= 0.6 is 0 Å². The van der Waals surface area contributed by atoms with Crippen LogP contribution in [0.5, 0.6) is 5.75 Å². The topological polar surface area (TPSA) is 39.2 Å². The van der Waals surface area contributed by atoms with Crippen molar-refractivity contribution in [3.63, 3.8) is 0 Å². The van der Waals surface area contributed by atoms with Crippen LogP contribution in [0.15, 0.2) is 36.4 Å². The van der Waals surface area contributed by atoms with Gasteiger partial charge in [0.25, 0.3) is 0 Å². The Kier molecular flexibility index (Phi) is 2.59. The zero-order valence-corrected chi connectivity index (χ0v) is 10.1. The van der Waals surface area contributed by atoms with Gasteiger partial charge >= 0.3 is 0 Å². The number of fused-ring (bicyclic) bond motifs is 1. The summed E-state index contributed by atoms with van der Waals surface area (Å²) in [5.74, 6) is 1.01. The maximum atomic E-state index is 11.6. The fourth-order valence-corrected chi connectivity index (χ4v) is 2.26. The van der Waals surface area contributed by atoms with E-state index in [1.165, 1.54) is 0 Å². The minimum absolute atomic E-state index is 0.203. The molecule has 0 N–H and O–H groups in total. The number of hydrogen-bond acceptors (Lipinski definition) is 3. The van der Waals surface area contributed by atoms with Gasteiger partial charge in [0.15, 0.2) is 5.78 Å². The largest absolute Gasteiger partial charge is 0.497 e. The van der Waals surface area contributed by atoms with Gasteiger partial charge in [-0.15, -0.1) is 0 Å². The summed E-state index contributed by atoms with van der Waals surface area (Å²) in [6, 6.07) is 11.6. The van der Waals surface area contributed by atoms with Gasteiger partial charge in [-0.05, 0) is 30.7 Å². The van der Waals surface area contributed by atoms with Crippen molar-refractivity contribution in [1.82, 2.24) is 4.98 Å². The van der Waals surface area contributed by atoms with Crippen molar-refractivity contribution in [2.24, 2.45) is 0 Å². The molecule has 2 aromatic rings. The highest BCUT2D eigenvalue weighted by Crippen LogP contribution is 2.26. The molecule has 1 aromatic carbocycles. The third-order valence-electron chi connectivity index (χ3n) is 3.23. The van der Waals surface area contributed by atoms with Crippen molar-refractivity contribution >= 4 is 5.78 Å². The number of nitrogens with zero attached hydrogens (tertiary/aromatic N) is 1. The number of hydrogen-bond donors (Lipinski definition) is 0. The minimum atomic E-state index is 0.203. The highest BCUT2D eigenvalue weighted by Gasteiger charge is 2.20. The molecule has 0 bridgehead atoms. The molecule has 0 radical (unpaired) electrons. The monoisotopic (exact) mass is 239 g/mol. The van der Waals surface area contributed by atoms with E-state index in [1.807, 2.05) is 36.4 Å². The van der Waals surface area contributed by atoms with Gasteiger partial charge in [0.05, 0.1) is 18.5 Å². The highest BCUT2D eigenvalue weighted by atomic mass is 16.5. The summed E-state index contributed by atoms with van der Waals surface area (Å²) in [4.78, 5) is 16.1. The summed E-state index contributed by atoms with van der Waals surface area (Å²) in [6.45, 7) is 0. The SMILES string of the molecule is COc1cccc(-c2ccc3c(n2)CCC3=O)c1. The minimum Gasteiger partial charge on any atom is -0.497 e. The van der Waals surface area contributed by atoms with Gasteiger partial charge in [-0.3, -0.25) is 9.78 Å². The Balaban J connectivity index is 2.05. The number of pyridine rings is 1. The van der Waals surface area contributed by atoms with Crippen molar-refractivity contribution < 1.29 is 9.53 Å². The van der Waals surface area contributed by atoms with Crippen LogP contribution in [0.3, 0.4) is 0 Å². The Labute approximate surface area is 105 Å². The maximum absolute atomic E-state index is 11.6. The molecule has 0 saturated carbocycles. The summed E-state index contributed by atoms with van der Waals surface area (Å²) in [5, 5.41) is 0. The lowest BCUT2D eigenvalue weighted by atomic mass is 10.1. The van der Waals surface area contributed by atoms with Crippen LogP contribution in [0.1, 0.15) is 22.5 Å². The van der Waals surface area contributed by atoms with E-state index in [4.69, 9.17) is 4.74 Å².